The van der Waals surface area contributed by atoms with Crippen molar-refractivity contribution < 1.29 is 19.1 Å². The van der Waals surface area contributed by atoms with E-state index in [1.165, 1.54) is 24.9 Å². The van der Waals surface area contributed by atoms with Crippen molar-refractivity contribution in [3.63, 3.8) is 0 Å². The van der Waals surface area contributed by atoms with E-state index in [4.69, 9.17) is 18.6 Å². The molecule has 0 saturated heterocycles. The second-order valence-corrected chi connectivity index (χ2v) is 18.8. The number of oxazole rings is 2. The monoisotopic (exact) mass is 811 g/mol. The van der Waals surface area contributed by atoms with Crippen LogP contribution in [-0.2, 0) is 18.2 Å². The number of rotatable bonds is 9. The highest BCUT2D eigenvalue weighted by molar-refractivity contribution is 7.20. The zero-order valence-electron chi connectivity index (χ0n) is 36.5. The number of fused-ring (bicyclic) bond motifs is 7. The quantitative estimate of drug-likeness (QED) is 0.107. The van der Waals surface area contributed by atoms with E-state index < -0.39 is 26.2 Å². The third kappa shape index (κ3) is 5.33. The lowest BCUT2D eigenvalue weighted by molar-refractivity contribution is 0.338. The molecule has 0 fully saturated rings. The van der Waals surface area contributed by atoms with Gasteiger partial charge in [0.15, 0.2) is 19.9 Å². The second-order valence-electron chi connectivity index (χ2n) is 15.0. The van der Waals surface area contributed by atoms with Gasteiger partial charge in [-0.2, -0.15) is 0 Å². The van der Waals surface area contributed by atoms with Crippen LogP contribution in [-0.4, -0.2) is 32.0 Å². The number of ether oxygens (including phenoxy) is 1. The summed E-state index contributed by atoms with van der Waals surface area (Å²) < 4.78 is 64.0. The lowest BCUT2D eigenvalue weighted by Gasteiger charge is -2.42. The summed E-state index contributed by atoms with van der Waals surface area (Å²) in [4.78, 5) is 13.9. The molecule has 1 aliphatic heterocycles. The molecule has 7 aromatic carbocycles. The number of hydrogen-bond donors (Lipinski definition) is 0. The van der Waals surface area contributed by atoms with Crippen molar-refractivity contribution in [3.8, 4) is 17.2 Å². The summed E-state index contributed by atoms with van der Waals surface area (Å²) in [5.41, 5.74) is 3.08. The van der Waals surface area contributed by atoms with Crippen LogP contribution in [0, 0.1) is 0 Å². The molecule has 0 radical (unpaired) electrons. The largest absolute Gasteiger partial charge is 0.457 e. The first-order valence-corrected chi connectivity index (χ1v) is 22.1. The van der Waals surface area contributed by atoms with Crippen LogP contribution in [0.15, 0.2) is 210 Å². The first-order valence-electron chi connectivity index (χ1n) is 22.1. The molecular weight excluding hydrogens is 771 g/mol. The predicted octanol–water partition coefficient (Wildman–Crippen LogP) is 8.66. The van der Waals surface area contributed by atoms with Gasteiger partial charge in [0.2, 0.25) is 5.78 Å². The van der Waals surface area contributed by atoms with Gasteiger partial charge in [0.1, 0.15) is 24.0 Å². The first kappa shape index (κ1) is 31.2. The fraction of sp³-hybridized carbons (Fsp3) is 0.0577. The van der Waals surface area contributed by atoms with E-state index in [9.17, 15) is 5.48 Å². The molecule has 0 spiro atoms. The van der Waals surface area contributed by atoms with Crippen molar-refractivity contribution >= 4 is 56.7 Å². The van der Waals surface area contributed by atoms with Crippen molar-refractivity contribution in [1.29, 1.82) is 0 Å². The van der Waals surface area contributed by atoms with E-state index in [1.807, 2.05) is 78.9 Å². The maximum absolute atomic E-state index is 10.2. The van der Waals surface area contributed by atoms with Crippen LogP contribution in [0.25, 0.3) is 33.5 Å². The summed E-state index contributed by atoms with van der Waals surface area (Å²) >= 11 is 0. The van der Waals surface area contributed by atoms with Crippen LogP contribution in [0.3, 0.4) is 0 Å². The van der Waals surface area contributed by atoms with E-state index in [2.05, 4.69) is 91.7 Å². The minimum atomic E-state index is -3.61. The number of benzene rings is 7. The van der Waals surface area contributed by atoms with Gasteiger partial charge in [0, 0.05) is 40.5 Å². The zero-order chi connectivity index (χ0) is 44.0. The van der Waals surface area contributed by atoms with Crippen LogP contribution in [0.1, 0.15) is 28.4 Å². The second kappa shape index (κ2) is 13.9. The molecule has 292 valence electrons. The van der Waals surface area contributed by atoms with E-state index in [-0.39, 0.29) is 28.7 Å². The molecule has 0 bridgehead atoms. The number of para-hydroxylation sites is 6. The Morgan fingerprint density at radius 1 is 0.557 bits per heavy atom. The Hall–Kier alpha value is -7.75. The van der Waals surface area contributed by atoms with Gasteiger partial charge in [-0.3, -0.25) is 8.97 Å². The lowest BCUT2D eigenvalue weighted by atomic mass is 9.68. The molecular formula is C52H37N5O3Si. The molecule has 12 rings (SSSR count). The topological polar surface area (TPSA) is 83.5 Å². The third-order valence-corrected chi connectivity index (χ3v) is 16.6. The van der Waals surface area contributed by atoms with Crippen molar-refractivity contribution in [2.24, 2.45) is 0 Å². The minimum Gasteiger partial charge on any atom is -0.457 e. The van der Waals surface area contributed by atoms with E-state index in [0.717, 1.165) is 54.3 Å². The molecule has 0 unspecified atom stereocenters. The first-order chi connectivity index (χ1) is 31.8. The maximum atomic E-state index is 10.2. The normalized spacial score (nSPS) is 14.8. The summed E-state index contributed by atoms with van der Waals surface area (Å²) in [5.74, 6) is 0.778. The highest BCUT2D eigenvalue weighted by atomic mass is 28.3. The number of nitrogens with zero attached hydrogens (tertiary/aromatic N) is 5. The lowest BCUT2D eigenvalue weighted by Crippen LogP contribution is -2.75. The zero-order valence-corrected chi connectivity index (χ0v) is 33.5. The maximum Gasteiger partial charge on any atom is 0.220 e. The van der Waals surface area contributed by atoms with Crippen molar-refractivity contribution in [1.82, 2.24) is 23.9 Å². The van der Waals surface area contributed by atoms with Crippen LogP contribution in [0.5, 0.6) is 11.5 Å². The number of hydrogen-bond acceptors (Lipinski definition) is 6. The van der Waals surface area contributed by atoms with E-state index in [1.54, 1.807) is 24.3 Å². The molecule has 61 heavy (non-hydrogen) atoms. The fourth-order valence-corrected chi connectivity index (χ4v) is 14.3. The van der Waals surface area contributed by atoms with Crippen LogP contribution < -0.4 is 25.5 Å². The Kier molecular flexibility index (Phi) is 7.13. The van der Waals surface area contributed by atoms with Crippen LogP contribution >= 0.6 is 0 Å². The van der Waals surface area contributed by atoms with Gasteiger partial charge in [-0.15, -0.1) is 0 Å². The smallest absolute Gasteiger partial charge is 0.220 e. The Morgan fingerprint density at radius 3 is 1.85 bits per heavy atom. The van der Waals surface area contributed by atoms with Gasteiger partial charge < -0.3 is 13.6 Å². The molecule has 0 aliphatic carbocycles. The molecule has 5 heterocycles. The van der Waals surface area contributed by atoms with Crippen LogP contribution in [0.2, 0.25) is 0 Å². The third-order valence-electron chi connectivity index (χ3n) is 11.8. The molecule has 4 aromatic heterocycles. The molecule has 0 amide bonds. The van der Waals surface area contributed by atoms with Gasteiger partial charge >= 0.3 is 0 Å². The van der Waals surface area contributed by atoms with E-state index in [0.29, 0.717) is 5.75 Å². The highest BCUT2D eigenvalue weighted by Gasteiger charge is 2.50. The summed E-state index contributed by atoms with van der Waals surface area (Å²) in [6.07, 6.45) is 0.00265. The van der Waals surface area contributed by atoms with Gasteiger partial charge in [0.05, 0.1) is 34.5 Å². The molecule has 9 heteroatoms. The Morgan fingerprint density at radius 2 is 1.15 bits per heavy atom. The van der Waals surface area contributed by atoms with Crippen LogP contribution in [0.4, 0.5) is 0 Å². The fourth-order valence-electron chi connectivity index (χ4n) is 9.38. The summed E-state index contributed by atoms with van der Waals surface area (Å²) in [6, 6.07) is 58.6. The molecule has 0 atom stereocenters. The highest BCUT2D eigenvalue weighted by Crippen LogP contribution is 2.51. The van der Waals surface area contributed by atoms with Crippen molar-refractivity contribution in [2.75, 3.05) is 0 Å². The molecule has 0 saturated carbocycles. The van der Waals surface area contributed by atoms with Gasteiger partial charge in [-0.05, 0) is 63.2 Å². The molecule has 1 aliphatic rings. The van der Waals surface area contributed by atoms with Crippen molar-refractivity contribution in [2.45, 2.75) is 18.2 Å². The van der Waals surface area contributed by atoms with Crippen molar-refractivity contribution in [3.05, 3.63) is 224 Å². The Balaban J connectivity index is 1.22. The minimum absolute atomic E-state index is 0.250. The Bertz CT molecular complexity index is 3470. The van der Waals surface area contributed by atoms with Gasteiger partial charge in [-0.25, -0.2) is 15.0 Å². The molecule has 11 aromatic rings. The van der Waals surface area contributed by atoms with E-state index >= 15 is 0 Å². The molecule has 8 nitrogen and oxygen atoms in total. The Labute approximate surface area is 357 Å². The number of aromatic nitrogens is 5. The SMILES string of the molecule is [2H]C([2H])(c1ncco1)C1(C([2H])([2H])c2ncco2)c2ccccc2Oc2c1cccc2[Si](c1ccccc1)(c1ccccc1)c1cccc(-n2c3ccccc3n3c4ccccc4nc23)c1. The van der Waals surface area contributed by atoms with Gasteiger partial charge in [0.25, 0.3) is 0 Å². The standard InChI is InChI=1S/C52H37N5O3Si/c1-3-16-37(17-4-1)61(38-18-5-2-6-19-38,39-20-13-15-36(33-39)56-44-25-10-11-26-45(44)57-43-24-9-8-23-42(43)55-51(56)57)47-28-14-22-41-50(47)60-46-27-12-7-21-40(46)52(41,34-48-53-29-31-58-48)35-49-54-30-32-59-49/h1-33H,34-35H2/i34D2,35D2. The summed E-state index contributed by atoms with van der Waals surface area (Å²) in [7, 11) is -3.61. The summed E-state index contributed by atoms with van der Waals surface area (Å²) in [5, 5.41) is 3.85. The molecule has 0 N–H and O–H groups in total. The van der Waals surface area contributed by atoms with Gasteiger partial charge in [-0.1, -0.05) is 133 Å². The predicted molar refractivity (Wildman–Crippen MR) is 241 cm³/mol. The average Bonchev–Trinajstić information content (AvgIpc) is 4.19. The average molecular weight is 812 g/mol. The summed E-state index contributed by atoms with van der Waals surface area (Å²) in [6.45, 7) is 0. The number of imidazole rings is 2.